The molecule has 0 bridgehead atoms. The van der Waals surface area contributed by atoms with E-state index in [0.717, 1.165) is 12.3 Å². The number of hydrogen-bond acceptors (Lipinski definition) is 3. The predicted molar refractivity (Wildman–Crippen MR) is 61.9 cm³/mol. The van der Waals surface area contributed by atoms with E-state index in [9.17, 15) is 9.59 Å². The molecule has 5 heteroatoms. The first-order chi connectivity index (χ1) is 6.88. The molecule has 0 aromatic heterocycles. The maximum atomic E-state index is 11.5. The largest absolute Gasteiger partial charge is 0.351 e. The van der Waals surface area contributed by atoms with Crippen molar-refractivity contribution in [3.05, 3.63) is 0 Å². The molecule has 15 heavy (non-hydrogen) atoms. The molecule has 0 aliphatic carbocycles. The topological polar surface area (TPSA) is 49.4 Å². The van der Waals surface area contributed by atoms with E-state index in [1.807, 2.05) is 20.8 Å². The third kappa shape index (κ3) is 4.55. The van der Waals surface area contributed by atoms with Gasteiger partial charge in [0, 0.05) is 30.8 Å². The fourth-order valence-corrected chi connectivity index (χ4v) is 2.20. The summed E-state index contributed by atoms with van der Waals surface area (Å²) < 4.78 is 0. The molecule has 4 nitrogen and oxygen atoms in total. The lowest BCUT2D eigenvalue weighted by Crippen LogP contribution is -2.42. The van der Waals surface area contributed by atoms with Crippen LogP contribution in [0.5, 0.6) is 0 Å². The zero-order valence-electron chi connectivity index (χ0n) is 9.50. The lowest BCUT2D eigenvalue weighted by atomic mass is 10.1. The minimum Gasteiger partial charge on any atom is -0.351 e. The SMILES string of the molecule is CC(C)(C)NC(=O)CCN1CCSC1=O. The van der Waals surface area contributed by atoms with E-state index in [1.54, 1.807) is 4.90 Å². The summed E-state index contributed by atoms with van der Waals surface area (Å²) in [6, 6.07) is 0. The van der Waals surface area contributed by atoms with E-state index < -0.39 is 0 Å². The van der Waals surface area contributed by atoms with Crippen LogP contribution < -0.4 is 5.32 Å². The van der Waals surface area contributed by atoms with Crippen LogP contribution in [0.1, 0.15) is 27.2 Å². The molecule has 1 aliphatic heterocycles. The minimum absolute atomic E-state index is 0.00667. The lowest BCUT2D eigenvalue weighted by Gasteiger charge is -2.21. The average molecular weight is 230 g/mol. The number of rotatable bonds is 3. The maximum absolute atomic E-state index is 11.5. The summed E-state index contributed by atoms with van der Waals surface area (Å²) in [6.45, 7) is 7.14. The maximum Gasteiger partial charge on any atom is 0.281 e. The Bertz CT molecular complexity index is 261. The number of nitrogens with zero attached hydrogens (tertiary/aromatic N) is 1. The molecular formula is C10H18N2O2S. The highest BCUT2D eigenvalue weighted by Crippen LogP contribution is 2.17. The number of thioether (sulfide) groups is 1. The van der Waals surface area contributed by atoms with E-state index >= 15 is 0 Å². The first kappa shape index (κ1) is 12.4. The molecule has 0 aromatic carbocycles. The molecule has 1 fully saturated rings. The normalized spacial score (nSPS) is 17.0. The van der Waals surface area contributed by atoms with Gasteiger partial charge in [-0.1, -0.05) is 11.8 Å². The molecular weight excluding hydrogens is 212 g/mol. The Kier molecular flexibility index (Phi) is 4.02. The zero-order valence-corrected chi connectivity index (χ0v) is 10.3. The zero-order chi connectivity index (χ0) is 11.5. The molecule has 0 unspecified atom stereocenters. The van der Waals surface area contributed by atoms with Gasteiger partial charge in [-0.3, -0.25) is 9.59 Å². The lowest BCUT2D eigenvalue weighted by molar-refractivity contribution is -0.122. The third-order valence-corrected chi connectivity index (χ3v) is 2.86. The van der Waals surface area contributed by atoms with Crippen LogP contribution in [0.15, 0.2) is 0 Å². The molecule has 0 aromatic rings. The van der Waals surface area contributed by atoms with Gasteiger partial charge >= 0.3 is 0 Å². The van der Waals surface area contributed by atoms with Gasteiger partial charge in [-0.05, 0) is 20.8 Å². The Morgan fingerprint density at radius 2 is 2.20 bits per heavy atom. The summed E-state index contributed by atoms with van der Waals surface area (Å²) in [6.07, 6.45) is 0.392. The molecule has 86 valence electrons. The standard InChI is InChI=1S/C10H18N2O2S/c1-10(2,3)11-8(13)4-5-12-6-7-15-9(12)14/h4-7H2,1-3H3,(H,11,13). The average Bonchev–Trinajstić information content (AvgIpc) is 2.44. The Hall–Kier alpha value is -0.710. The van der Waals surface area contributed by atoms with Crippen LogP contribution in [0, 0.1) is 0 Å². The molecule has 2 amide bonds. The van der Waals surface area contributed by atoms with Crippen LogP contribution in [0.3, 0.4) is 0 Å². The highest BCUT2D eigenvalue weighted by atomic mass is 32.2. The van der Waals surface area contributed by atoms with E-state index in [2.05, 4.69) is 5.32 Å². The summed E-state index contributed by atoms with van der Waals surface area (Å²) in [4.78, 5) is 24.4. The Morgan fingerprint density at radius 1 is 1.53 bits per heavy atom. The fourth-order valence-electron chi connectivity index (χ4n) is 1.35. The molecule has 1 N–H and O–H groups in total. The number of carbonyl (C=O) groups is 2. The van der Waals surface area contributed by atoms with E-state index in [-0.39, 0.29) is 16.7 Å². The summed E-state index contributed by atoms with van der Waals surface area (Å²) in [5, 5.41) is 2.97. The molecule has 1 rings (SSSR count). The Balaban J connectivity index is 2.25. The first-order valence-electron chi connectivity index (χ1n) is 5.11. The molecule has 0 atom stereocenters. The van der Waals surface area contributed by atoms with Crippen LogP contribution in [0.2, 0.25) is 0 Å². The number of amides is 2. The molecule has 1 aliphatic rings. The van der Waals surface area contributed by atoms with Crippen molar-refractivity contribution in [3.8, 4) is 0 Å². The van der Waals surface area contributed by atoms with Crippen LogP contribution >= 0.6 is 11.8 Å². The Labute approximate surface area is 94.8 Å². The summed E-state index contributed by atoms with van der Waals surface area (Å²) >= 11 is 1.33. The van der Waals surface area contributed by atoms with Crippen LogP contribution in [-0.2, 0) is 4.79 Å². The monoisotopic (exact) mass is 230 g/mol. The van der Waals surface area contributed by atoms with Gasteiger partial charge in [0.25, 0.3) is 5.24 Å². The second-order valence-corrected chi connectivity index (χ2v) is 5.70. The van der Waals surface area contributed by atoms with E-state index in [4.69, 9.17) is 0 Å². The van der Waals surface area contributed by atoms with Crippen molar-refractivity contribution in [1.82, 2.24) is 10.2 Å². The number of nitrogens with one attached hydrogen (secondary N) is 1. The van der Waals surface area contributed by atoms with Crippen LogP contribution in [-0.4, -0.2) is 40.4 Å². The molecule has 1 heterocycles. The van der Waals surface area contributed by atoms with Crippen molar-refractivity contribution in [2.75, 3.05) is 18.8 Å². The van der Waals surface area contributed by atoms with Crippen molar-refractivity contribution >= 4 is 22.9 Å². The highest BCUT2D eigenvalue weighted by Gasteiger charge is 2.22. The third-order valence-electron chi connectivity index (χ3n) is 1.97. The van der Waals surface area contributed by atoms with Crippen molar-refractivity contribution in [1.29, 1.82) is 0 Å². The highest BCUT2D eigenvalue weighted by molar-refractivity contribution is 8.13. The smallest absolute Gasteiger partial charge is 0.281 e. The summed E-state index contributed by atoms with van der Waals surface area (Å²) in [7, 11) is 0. The van der Waals surface area contributed by atoms with Gasteiger partial charge in [0.05, 0.1) is 0 Å². The number of hydrogen-bond donors (Lipinski definition) is 1. The summed E-state index contributed by atoms with van der Waals surface area (Å²) in [5.74, 6) is 0.854. The van der Waals surface area contributed by atoms with Gasteiger partial charge in [-0.2, -0.15) is 0 Å². The van der Waals surface area contributed by atoms with Gasteiger partial charge in [0.2, 0.25) is 5.91 Å². The van der Waals surface area contributed by atoms with E-state index in [1.165, 1.54) is 11.8 Å². The first-order valence-corrected chi connectivity index (χ1v) is 6.10. The van der Waals surface area contributed by atoms with Gasteiger partial charge in [0.15, 0.2) is 0 Å². The second kappa shape index (κ2) is 4.88. The van der Waals surface area contributed by atoms with Gasteiger partial charge in [-0.15, -0.1) is 0 Å². The van der Waals surface area contributed by atoms with Crippen molar-refractivity contribution in [2.45, 2.75) is 32.7 Å². The van der Waals surface area contributed by atoms with Crippen molar-refractivity contribution in [3.63, 3.8) is 0 Å². The molecule has 1 saturated heterocycles. The minimum atomic E-state index is -0.194. The van der Waals surface area contributed by atoms with Crippen LogP contribution in [0.4, 0.5) is 4.79 Å². The van der Waals surface area contributed by atoms with Crippen molar-refractivity contribution < 1.29 is 9.59 Å². The molecule has 0 radical (unpaired) electrons. The predicted octanol–water partition coefficient (Wildman–Crippen LogP) is 1.46. The number of carbonyl (C=O) groups excluding carboxylic acids is 2. The summed E-state index contributed by atoms with van der Waals surface area (Å²) in [5.41, 5.74) is -0.194. The Morgan fingerprint density at radius 3 is 2.67 bits per heavy atom. The van der Waals surface area contributed by atoms with Gasteiger partial charge in [-0.25, -0.2) is 0 Å². The van der Waals surface area contributed by atoms with Gasteiger partial charge in [0.1, 0.15) is 0 Å². The molecule has 0 spiro atoms. The van der Waals surface area contributed by atoms with Gasteiger partial charge < -0.3 is 10.2 Å². The van der Waals surface area contributed by atoms with E-state index in [0.29, 0.717) is 13.0 Å². The second-order valence-electron chi connectivity index (χ2n) is 4.65. The fraction of sp³-hybridized carbons (Fsp3) is 0.800. The quantitative estimate of drug-likeness (QED) is 0.798. The van der Waals surface area contributed by atoms with Crippen LogP contribution in [0.25, 0.3) is 0 Å². The molecule has 0 saturated carbocycles. The van der Waals surface area contributed by atoms with Crippen molar-refractivity contribution in [2.24, 2.45) is 0 Å².